The third-order valence-corrected chi connectivity index (χ3v) is 5.46. The van der Waals surface area contributed by atoms with Crippen molar-refractivity contribution in [1.82, 2.24) is 4.90 Å². The molecule has 0 unspecified atom stereocenters. The van der Waals surface area contributed by atoms with Crippen molar-refractivity contribution in [3.05, 3.63) is 35.4 Å². The standard InChI is InChI=1S/C20H29NO3/c1-3-14-4-6-15(7-5-14)13-21(17-9-10-17)20(23)16-8-11-18(22)19(12-16)24-2/h4-7,16-19,22H,3,8-13H2,1-2H3/t16-,18+,19-/m1/s1. The van der Waals surface area contributed by atoms with E-state index in [2.05, 4.69) is 36.1 Å². The minimum Gasteiger partial charge on any atom is -0.390 e. The van der Waals surface area contributed by atoms with Crippen molar-refractivity contribution < 1.29 is 14.6 Å². The SMILES string of the molecule is CCc1ccc(CN(C(=O)[C@@H]2CC[C@H](O)[C@H](OC)C2)C2CC2)cc1. The predicted octanol–water partition coefficient (Wildman–Crippen LogP) is 2.92. The van der Waals surface area contributed by atoms with Crippen molar-refractivity contribution in [2.45, 2.75) is 70.2 Å². The van der Waals surface area contributed by atoms with Crippen LogP contribution in [0.5, 0.6) is 0 Å². The van der Waals surface area contributed by atoms with Crippen LogP contribution in [0.1, 0.15) is 50.2 Å². The molecule has 132 valence electrons. The summed E-state index contributed by atoms with van der Waals surface area (Å²) in [6, 6.07) is 9.00. The molecule has 2 aliphatic carbocycles. The zero-order valence-electron chi connectivity index (χ0n) is 14.8. The molecule has 3 atom stereocenters. The molecule has 4 nitrogen and oxygen atoms in total. The van der Waals surface area contributed by atoms with Crippen molar-refractivity contribution in [2.75, 3.05) is 7.11 Å². The zero-order valence-corrected chi connectivity index (χ0v) is 14.8. The third-order valence-electron chi connectivity index (χ3n) is 5.46. The van der Waals surface area contributed by atoms with Crippen LogP contribution in [-0.2, 0) is 22.5 Å². The zero-order chi connectivity index (χ0) is 17.1. The van der Waals surface area contributed by atoms with Crippen LogP contribution in [0.15, 0.2) is 24.3 Å². The van der Waals surface area contributed by atoms with Gasteiger partial charge in [0, 0.05) is 25.6 Å². The first-order valence-corrected chi connectivity index (χ1v) is 9.21. The Balaban J connectivity index is 1.67. The highest BCUT2D eigenvalue weighted by Crippen LogP contribution is 2.34. The summed E-state index contributed by atoms with van der Waals surface area (Å²) in [6.45, 7) is 2.85. The number of carbonyl (C=O) groups excluding carboxylic acids is 1. The lowest BCUT2D eigenvalue weighted by Crippen LogP contribution is -2.43. The number of hydrogen-bond acceptors (Lipinski definition) is 3. The summed E-state index contributed by atoms with van der Waals surface area (Å²) >= 11 is 0. The van der Waals surface area contributed by atoms with Crippen molar-refractivity contribution in [3.8, 4) is 0 Å². The van der Waals surface area contributed by atoms with Crippen LogP contribution < -0.4 is 0 Å². The Morgan fingerprint density at radius 3 is 2.42 bits per heavy atom. The molecule has 0 saturated heterocycles. The topological polar surface area (TPSA) is 49.8 Å². The summed E-state index contributed by atoms with van der Waals surface area (Å²) < 4.78 is 5.36. The molecule has 1 amide bonds. The van der Waals surface area contributed by atoms with Gasteiger partial charge in [-0.05, 0) is 49.7 Å². The average Bonchev–Trinajstić information content (AvgIpc) is 3.45. The van der Waals surface area contributed by atoms with E-state index in [-0.39, 0.29) is 17.9 Å². The maximum atomic E-state index is 13.1. The van der Waals surface area contributed by atoms with Crippen LogP contribution in [0, 0.1) is 5.92 Å². The molecule has 0 aliphatic heterocycles. The highest BCUT2D eigenvalue weighted by molar-refractivity contribution is 5.79. The molecule has 2 aliphatic rings. The van der Waals surface area contributed by atoms with E-state index in [1.54, 1.807) is 7.11 Å². The molecular formula is C20H29NO3. The normalized spacial score (nSPS) is 27.0. The van der Waals surface area contributed by atoms with Gasteiger partial charge in [-0.15, -0.1) is 0 Å². The molecule has 0 heterocycles. The Bertz CT molecular complexity index is 553. The summed E-state index contributed by atoms with van der Waals surface area (Å²) in [4.78, 5) is 15.1. The fourth-order valence-electron chi connectivity index (χ4n) is 3.68. The molecule has 0 radical (unpaired) electrons. The number of aryl methyl sites for hydroxylation is 1. The maximum absolute atomic E-state index is 13.1. The van der Waals surface area contributed by atoms with Crippen LogP contribution >= 0.6 is 0 Å². The molecule has 3 rings (SSSR count). The van der Waals surface area contributed by atoms with Gasteiger partial charge in [-0.2, -0.15) is 0 Å². The average molecular weight is 331 g/mol. The number of ether oxygens (including phenoxy) is 1. The van der Waals surface area contributed by atoms with E-state index in [9.17, 15) is 9.90 Å². The summed E-state index contributed by atoms with van der Waals surface area (Å²) in [5.41, 5.74) is 2.53. The quantitative estimate of drug-likeness (QED) is 0.872. The first-order valence-electron chi connectivity index (χ1n) is 9.21. The van der Waals surface area contributed by atoms with Crippen LogP contribution in [0.3, 0.4) is 0 Å². The number of aliphatic hydroxyl groups excluding tert-OH is 1. The Morgan fingerprint density at radius 2 is 1.83 bits per heavy atom. The van der Waals surface area contributed by atoms with Crippen molar-refractivity contribution >= 4 is 5.91 Å². The Kier molecular flexibility index (Phi) is 5.57. The maximum Gasteiger partial charge on any atom is 0.226 e. The fourth-order valence-corrected chi connectivity index (χ4v) is 3.68. The first-order chi connectivity index (χ1) is 11.6. The monoisotopic (exact) mass is 331 g/mol. The predicted molar refractivity (Wildman–Crippen MR) is 93.5 cm³/mol. The lowest BCUT2D eigenvalue weighted by atomic mass is 9.84. The van der Waals surface area contributed by atoms with E-state index in [0.717, 1.165) is 25.7 Å². The minimum atomic E-state index is -0.435. The second-order valence-corrected chi connectivity index (χ2v) is 7.22. The number of amides is 1. The molecule has 4 heteroatoms. The third kappa shape index (κ3) is 3.98. The van der Waals surface area contributed by atoms with E-state index >= 15 is 0 Å². The van der Waals surface area contributed by atoms with Crippen molar-refractivity contribution in [2.24, 2.45) is 5.92 Å². The van der Waals surface area contributed by atoms with Gasteiger partial charge < -0.3 is 14.7 Å². The molecule has 0 aromatic heterocycles. The number of aliphatic hydroxyl groups is 1. The lowest BCUT2D eigenvalue weighted by Gasteiger charge is -2.35. The Hall–Kier alpha value is -1.39. The van der Waals surface area contributed by atoms with E-state index in [1.807, 2.05) is 0 Å². The summed E-state index contributed by atoms with van der Waals surface area (Å²) in [6.07, 6.45) is 4.66. The van der Waals surface area contributed by atoms with Crippen LogP contribution in [-0.4, -0.2) is 41.3 Å². The molecule has 1 aromatic rings. The lowest BCUT2D eigenvalue weighted by molar-refractivity contribution is -0.142. The second-order valence-electron chi connectivity index (χ2n) is 7.22. The molecule has 24 heavy (non-hydrogen) atoms. The van der Waals surface area contributed by atoms with Gasteiger partial charge in [0.2, 0.25) is 5.91 Å². The Morgan fingerprint density at radius 1 is 1.17 bits per heavy atom. The first kappa shape index (κ1) is 17.4. The number of benzene rings is 1. The van der Waals surface area contributed by atoms with E-state index in [0.29, 0.717) is 25.4 Å². The molecule has 0 spiro atoms. The summed E-state index contributed by atoms with van der Waals surface area (Å²) in [7, 11) is 1.62. The second kappa shape index (κ2) is 7.66. The summed E-state index contributed by atoms with van der Waals surface area (Å²) in [5, 5.41) is 9.96. The van der Waals surface area contributed by atoms with Gasteiger partial charge in [0.15, 0.2) is 0 Å². The van der Waals surface area contributed by atoms with Crippen molar-refractivity contribution in [3.63, 3.8) is 0 Å². The number of methoxy groups -OCH3 is 1. The minimum absolute atomic E-state index is 0.0196. The largest absolute Gasteiger partial charge is 0.390 e. The van der Waals surface area contributed by atoms with Crippen LogP contribution in [0.2, 0.25) is 0 Å². The molecule has 0 bridgehead atoms. The smallest absolute Gasteiger partial charge is 0.226 e. The van der Waals surface area contributed by atoms with Crippen LogP contribution in [0.25, 0.3) is 0 Å². The van der Waals surface area contributed by atoms with Gasteiger partial charge in [0.1, 0.15) is 0 Å². The van der Waals surface area contributed by atoms with Gasteiger partial charge in [-0.1, -0.05) is 31.2 Å². The highest BCUT2D eigenvalue weighted by atomic mass is 16.5. The molecule has 1 N–H and O–H groups in total. The van der Waals surface area contributed by atoms with Crippen molar-refractivity contribution in [1.29, 1.82) is 0 Å². The van der Waals surface area contributed by atoms with Gasteiger partial charge in [-0.25, -0.2) is 0 Å². The number of rotatable bonds is 6. The summed E-state index contributed by atoms with van der Waals surface area (Å²) in [5.74, 6) is 0.222. The van der Waals surface area contributed by atoms with Gasteiger partial charge in [-0.3, -0.25) is 4.79 Å². The highest BCUT2D eigenvalue weighted by Gasteiger charge is 2.39. The van der Waals surface area contributed by atoms with E-state index in [4.69, 9.17) is 4.74 Å². The Labute approximate surface area is 144 Å². The van der Waals surface area contributed by atoms with Gasteiger partial charge in [0.05, 0.1) is 12.2 Å². The van der Waals surface area contributed by atoms with Gasteiger partial charge in [0.25, 0.3) is 0 Å². The molecule has 1 aromatic carbocycles. The number of carbonyl (C=O) groups is 1. The molecule has 2 saturated carbocycles. The van der Waals surface area contributed by atoms with Crippen LogP contribution in [0.4, 0.5) is 0 Å². The van der Waals surface area contributed by atoms with E-state index in [1.165, 1.54) is 11.1 Å². The molecule has 2 fully saturated rings. The van der Waals surface area contributed by atoms with Gasteiger partial charge >= 0.3 is 0 Å². The number of nitrogens with zero attached hydrogens (tertiary/aromatic N) is 1. The number of hydrogen-bond donors (Lipinski definition) is 1. The molecular weight excluding hydrogens is 302 g/mol. The van der Waals surface area contributed by atoms with E-state index < -0.39 is 6.10 Å². The fraction of sp³-hybridized carbons (Fsp3) is 0.650.